The highest BCUT2D eigenvalue weighted by atomic mass is 79.9. The second-order valence-corrected chi connectivity index (χ2v) is 4.22. The molecule has 0 saturated carbocycles. The van der Waals surface area contributed by atoms with Crippen molar-refractivity contribution < 1.29 is 5.11 Å². The summed E-state index contributed by atoms with van der Waals surface area (Å²) in [7, 11) is 0. The third kappa shape index (κ3) is 2.68. The molecule has 72 valence electrons. The molecule has 1 aromatic carbocycles. The van der Waals surface area contributed by atoms with Crippen molar-refractivity contribution in [3.63, 3.8) is 0 Å². The average Bonchev–Trinajstić information content (AvgIpc) is 2.08. The van der Waals surface area contributed by atoms with Crippen LogP contribution in [0, 0.1) is 0 Å². The van der Waals surface area contributed by atoms with Gasteiger partial charge in [-0.3, -0.25) is 0 Å². The molecule has 0 aliphatic rings. The second-order valence-electron chi connectivity index (χ2n) is 2.93. The average molecular weight is 265 g/mol. The molecule has 0 aliphatic carbocycles. The van der Waals surface area contributed by atoms with Gasteiger partial charge in [-0.15, -0.1) is 0 Å². The van der Waals surface area contributed by atoms with Crippen LogP contribution >= 0.6 is 27.5 Å². The summed E-state index contributed by atoms with van der Waals surface area (Å²) < 4.78 is 0.866. The van der Waals surface area contributed by atoms with Crippen LogP contribution in [0.1, 0.15) is 18.5 Å². The molecule has 0 fully saturated rings. The van der Waals surface area contributed by atoms with Crippen molar-refractivity contribution in [1.82, 2.24) is 0 Å². The van der Waals surface area contributed by atoms with Gasteiger partial charge in [-0.1, -0.05) is 27.5 Å². The lowest BCUT2D eigenvalue weighted by atomic mass is 10.0. The molecule has 0 aromatic heterocycles. The van der Waals surface area contributed by atoms with E-state index in [4.69, 9.17) is 17.3 Å². The first-order valence-corrected chi connectivity index (χ1v) is 5.08. The van der Waals surface area contributed by atoms with Gasteiger partial charge in [0.1, 0.15) is 0 Å². The van der Waals surface area contributed by atoms with Crippen molar-refractivity contribution in [2.75, 3.05) is 0 Å². The molecule has 1 rings (SSSR count). The van der Waals surface area contributed by atoms with E-state index >= 15 is 0 Å². The lowest BCUT2D eigenvalue weighted by molar-refractivity contribution is 0.164. The third-order valence-corrected chi connectivity index (χ3v) is 2.79. The SMILES string of the molecule is C[C@H](O)[C@H](N)c1cc(Cl)ccc1Br. The van der Waals surface area contributed by atoms with Crippen molar-refractivity contribution in [2.24, 2.45) is 5.73 Å². The van der Waals surface area contributed by atoms with Crippen LogP contribution in [-0.2, 0) is 0 Å². The van der Waals surface area contributed by atoms with E-state index in [2.05, 4.69) is 15.9 Å². The summed E-state index contributed by atoms with van der Waals surface area (Å²) >= 11 is 9.16. The number of halogens is 2. The zero-order valence-electron chi connectivity index (χ0n) is 7.17. The van der Waals surface area contributed by atoms with Gasteiger partial charge in [0.05, 0.1) is 12.1 Å². The quantitative estimate of drug-likeness (QED) is 0.862. The van der Waals surface area contributed by atoms with Crippen LogP contribution in [0.2, 0.25) is 5.02 Å². The Balaban J connectivity index is 3.05. The summed E-state index contributed by atoms with van der Waals surface area (Å²) in [5.41, 5.74) is 6.59. The molecule has 13 heavy (non-hydrogen) atoms. The summed E-state index contributed by atoms with van der Waals surface area (Å²) in [4.78, 5) is 0. The highest BCUT2D eigenvalue weighted by molar-refractivity contribution is 9.10. The number of aliphatic hydroxyl groups is 1. The zero-order chi connectivity index (χ0) is 10.0. The van der Waals surface area contributed by atoms with E-state index in [0.29, 0.717) is 5.02 Å². The summed E-state index contributed by atoms with van der Waals surface area (Å²) in [6.07, 6.45) is -0.588. The monoisotopic (exact) mass is 263 g/mol. The smallest absolute Gasteiger partial charge is 0.0705 e. The maximum Gasteiger partial charge on any atom is 0.0705 e. The van der Waals surface area contributed by atoms with Crippen LogP contribution in [0.5, 0.6) is 0 Å². The first-order chi connectivity index (χ1) is 6.02. The Hall–Kier alpha value is -0.0900. The molecular weight excluding hydrogens is 253 g/mol. The van der Waals surface area contributed by atoms with E-state index in [0.717, 1.165) is 10.0 Å². The van der Waals surface area contributed by atoms with Crippen LogP contribution in [-0.4, -0.2) is 11.2 Å². The van der Waals surface area contributed by atoms with E-state index in [1.165, 1.54) is 0 Å². The van der Waals surface area contributed by atoms with Gasteiger partial charge < -0.3 is 10.8 Å². The molecule has 3 N–H and O–H groups in total. The van der Waals surface area contributed by atoms with Gasteiger partial charge in [-0.2, -0.15) is 0 Å². The molecule has 0 unspecified atom stereocenters. The summed E-state index contributed by atoms with van der Waals surface area (Å²) in [6, 6.07) is 4.93. The number of hydrogen-bond acceptors (Lipinski definition) is 2. The largest absolute Gasteiger partial charge is 0.391 e. The number of benzene rings is 1. The summed E-state index contributed by atoms with van der Waals surface area (Å²) in [6.45, 7) is 1.65. The standard InChI is InChI=1S/C9H11BrClNO/c1-5(13)9(12)7-4-6(11)2-3-8(7)10/h2-5,9,13H,12H2,1H3/t5-,9-/m0/s1. The van der Waals surface area contributed by atoms with E-state index in [9.17, 15) is 5.11 Å². The molecule has 0 amide bonds. The van der Waals surface area contributed by atoms with Gasteiger partial charge >= 0.3 is 0 Å². The first-order valence-electron chi connectivity index (χ1n) is 3.91. The Labute approximate surface area is 90.8 Å². The van der Waals surface area contributed by atoms with Gasteiger partial charge in [-0.25, -0.2) is 0 Å². The fourth-order valence-electron chi connectivity index (χ4n) is 1.03. The molecule has 0 saturated heterocycles. The van der Waals surface area contributed by atoms with Crippen LogP contribution in [0.25, 0.3) is 0 Å². The van der Waals surface area contributed by atoms with Gasteiger partial charge in [0.2, 0.25) is 0 Å². The van der Waals surface area contributed by atoms with Crippen LogP contribution in [0.15, 0.2) is 22.7 Å². The minimum absolute atomic E-state index is 0.409. The summed E-state index contributed by atoms with van der Waals surface area (Å²) in [5, 5.41) is 9.92. The Bertz CT molecular complexity index is 304. The Morgan fingerprint density at radius 3 is 2.69 bits per heavy atom. The minimum Gasteiger partial charge on any atom is -0.391 e. The van der Waals surface area contributed by atoms with E-state index in [1.54, 1.807) is 19.1 Å². The topological polar surface area (TPSA) is 46.2 Å². The first kappa shape index (κ1) is 11.0. The Kier molecular flexibility index (Phi) is 3.74. The number of aliphatic hydroxyl groups excluding tert-OH is 1. The Morgan fingerprint density at radius 1 is 1.54 bits per heavy atom. The van der Waals surface area contributed by atoms with Crippen molar-refractivity contribution >= 4 is 27.5 Å². The molecule has 2 atom stereocenters. The van der Waals surface area contributed by atoms with Gasteiger partial charge in [0.25, 0.3) is 0 Å². The lowest BCUT2D eigenvalue weighted by Gasteiger charge is -2.16. The molecular formula is C9H11BrClNO. The van der Waals surface area contributed by atoms with Crippen molar-refractivity contribution in [2.45, 2.75) is 19.1 Å². The number of rotatable bonds is 2. The van der Waals surface area contributed by atoms with E-state index in [-0.39, 0.29) is 0 Å². The van der Waals surface area contributed by atoms with Crippen LogP contribution in [0.4, 0.5) is 0 Å². The van der Waals surface area contributed by atoms with Gasteiger partial charge in [0.15, 0.2) is 0 Å². The van der Waals surface area contributed by atoms with E-state index in [1.807, 2.05) is 6.07 Å². The van der Waals surface area contributed by atoms with Gasteiger partial charge in [0, 0.05) is 9.50 Å². The Morgan fingerprint density at radius 2 is 2.15 bits per heavy atom. The maximum absolute atomic E-state index is 9.30. The zero-order valence-corrected chi connectivity index (χ0v) is 9.51. The van der Waals surface area contributed by atoms with Crippen molar-refractivity contribution in [1.29, 1.82) is 0 Å². The van der Waals surface area contributed by atoms with Crippen molar-refractivity contribution in [3.8, 4) is 0 Å². The fraction of sp³-hybridized carbons (Fsp3) is 0.333. The van der Waals surface area contributed by atoms with E-state index < -0.39 is 12.1 Å². The maximum atomic E-state index is 9.30. The van der Waals surface area contributed by atoms with Crippen LogP contribution < -0.4 is 5.73 Å². The summed E-state index contributed by atoms with van der Waals surface area (Å²) in [5.74, 6) is 0. The highest BCUT2D eigenvalue weighted by Gasteiger charge is 2.14. The minimum atomic E-state index is -0.588. The predicted molar refractivity (Wildman–Crippen MR) is 57.8 cm³/mol. The van der Waals surface area contributed by atoms with Crippen LogP contribution in [0.3, 0.4) is 0 Å². The highest BCUT2D eigenvalue weighted by Crippen LogP contribution is 2.26. The predicted octanol–water partition coefficient (Wildman–Crippen LogP) is 2.48. The third-order valence-electron chi connectivity index (χ3n) is 1.84. The molecule has 0 bridgehead atoms. The molecule has 0 radical (unpaired) electrons. The number of hydrogen-bond donors (Lipinski definition) is 2. The lowest BCUT2D eigenvalue weighted by Crippen LogP contribution is -2.23. The molecule has 2 nitrogen and oxygen atoms in total. The molecule has 0 spiro atoms. The molecule has 0 heterocycles. The number of nitrogens with two attached hydrogens (primary N) is 1. The second kappa shape index (κ2) is 4.42. The van der Waals surface area contributed by atoms with Crippen molar-refractivity contribution in [3.05, 3.63) is 33.3 Å². The molecule has 4 heteroatoms. The normalized spacial score (nSPS) is 15.5. The molecule has 1 aromatic rings. The molecule has 0 aliphatic heterocycles. The van der Waals surface area contributed by atoms with Gasteiger partial charge in [-0.05, 0) is 30.7 Å². The fourth-order valence-corrected chi connectivity index (χ4v) is 1.72.